The Labute approximate surface area is 102 Å². The Kier molecular flexibility index (Phi) is 3.57. The molecule has 0 amide bonds. The molecule has 0 atom stereocenters. The molecular formula is C13H10BrFO. The maximum atomic E-state index is 12.6. The van der Waals surface area contributed by atoms with Crippen LogP contribution in [-0.4, -0.2) is 0 Å². The summed E-state index contributed by atoms with van der Waals surface area (Å²) in [5.41, 5.74) is 0.948. The van der Waals surface area contributed by atoms with Gasteiger partial charge in [-0.05, 0) is 42.0 Å². The molecule has 0 N–H and O–H groups in total. The van der Waals surface area contributed by atoms with Gasteiger partial charge in [-0.1, -0.05) is 28.1 Å². The van der Waals surface area contributed by atoms with Crippen molar-refractivity contribution in [2.75, 3.05) is 0 Å². The highest BCUT2D eigenvalue weighted by molar-refractivity contribution is 9.10. The molecule has 0 aliphatic rings. The van der Waals surface area contributed by atoms with Crippen molar-refractivity contribution in [3.05, 3.63) is 64.4 Å². The highest BCUT2D eigenvalue weighted by Gasteiger charge is 1.96. The first-order valence-electron chi connectivity index (χ1n) is 4.87. The van der Waals surface area contributed by atoms with Crippen LogP contribution in [0.3, 0.4) is 0 Å². The molecule has 1 nitrogen and oxygen atoms in total. The van der Waals surface area contributed by atoms with E-state index in [1.54, 1.807) is 12.1 Å². The van der Waals surface area contributed by atoms with E-state index in [-0.39, 0.29) is 5.82 Å². The molecule has 82 valence electrons. The van der Waals surface area contributed by atoms with Crippen LogP contribution < -0.4 is 4.74 Å². The number of rotatable bonds is 3. The predicted molar refractivity (Wildman–Crippen MR) is 64.9 cm³/mol. The Balaban J connectivity index is 1.97. The van der Waals surface area contributed by atoms with E-state index in [4.69, 9.17) is 4.74 Å². The molecular weight excluding hydrogens is 271 g/mol. The van der Waals surface area contributed by atoms with Gasteiger partial charge >= 0.3 is 0 Å². The number of halogens is 2. The van der Waals surface area contributed by atoms with E-state index in [2.05, 4.69) is 15.9 Å². The SMILES string of the molecule is Fc1ccc(COc2ccc(Br)cc2)cc1. The van der Waals surface area contributed by atoms with Crippen molar-refractivity contribution >= 4 is 15.9 Å². The lowest BCUT2D eigenvalue weighted by molar-refractivity contribution is 0.306. The zero-order chi connectivity index (χ0) is 11.4. The highest BCUT2D eigenvalue weighted by atomic mass is 79.9. The van der Waals surface area contributed by atoms with E-state index >= 15 is 0 Å². The molecule has 3 heteroatoms. The van der Waals surface area contributed by atoms with Gasteiger partial charge in [0, 0.05) is 4.47 Å². The molecule has 0 unspecified atom stereocenters. The molecule has 0 saturated carbocycles. The van der Waals surface area contributed by atoms with Gasteiger partial charge in [0.1, 0.15) is 18.2 Å². The lowest BCUT2D eigenvalue weighted by atomic mass is 10.2. The normalized spacial score (nSPS) is 10.1. The maximum absolute atomic E-state index is 12.6. The number of benzene rings is 2. The largest absolute Gasteiger partial charge is 0.489 e. The van der Waals surface area contributed by atoms with Crippen LogP contribution in [0.5, 0.6) is 5.75 Å². The Bertz CT molecular complexity index is 405. The van der Waals surface area contributed by atoms with Crippen LogP contribution >= 0.6 is 15.9 Å². The summed E-state index contributed by atoms with van der Waals surface area (Å²) >= 11 is 3.35. The zero-order valence-corrected chi connectivity index (χ0v) is 10.1. The Morgan fingerprint density at radius 3 is 2.19 bits per heavy atom. The van der Waals surface area contributed by atoms with E-state index in [0.29, 0.717) is 6.61 Å². The van der Waals surface area contributed by atoms with Gasteiger partial charge in [0.25, 0.3) is 0 Å². The molecule has 0 aromatic heterocycles. The van der Waals surface area contributed by atoms with Crippen LogP contribution in [0.15, 0.2) is 53.0 Å². The molecule has 0 aliphatic heterocycles. The molecule has 2 aromatic carbocycles. The Hall–Kier alpha value is -1.35. The molecule has 0 fully saturated rings. The monoisotopic (exact) mass is 280 g/mol. The molecule has 0 aliphatic carbocycles. The minimum Gasteiger partial charge on any atom is -0.489 e. The topological polar surface area (TPSA) is 9.23 Å². The smallest absolute Gasteiger partial charge is 0.123 e. The van der Waals surface area contributed by atoms with Crippen molar-refractivity contribution in [1.82, 2.24) is 0 Å². The second-order valence-electron chi connectivity index (χ2n) is 3.37. The first-order chi connectivity index (χ1) is 7.74. The first kappa shape index (κ1) is 11.1. The van der Waals surface area contributed by atoms with E-state index < -0.39 is 0 Å². The Morgan fingerprint density at radius 1 is 0.938 bits per heavy atom. The van der Waals surface area contributed by atoms with Gasteiger partial charge in [0.15, 0.2) is 0 Å². The standard InChI is InChI=1S/C13H10BrFO/c14-11-3-7-13(8-4-11)16-9-10-1-5-12(15)6-2-10/h1-8H,9H2. The van der Waals surface area contributed by atoms with Crippen LogP contribution in [0.4, 0.5) is 4.39 Å². The van der Waals surface area contributed by atoms with Crippen molar-refractivity contribution in [2.24, 2.45) is 0 Å². The third-order valence-corrected chi connectivity index (χ3v) is 2.66. The lowest BCUT2D eigenvalue weighted by Crippen LogP contribution is -1.95. The summed E-state index contributed by atoms with van der Waals surface area (Å²) in [6, 6.07) is 13.9. The van der Waals surface area contributed by atoms with Crippen LogP contribution in [-0.2, 0) is 6.61 Å². The second-order valence-corrected chi connectivity index (χ2v) is 4.28. The van der Waals surface area contributed by atoms with E-state index in [1.165, 1.54) is 12.1 Å². The van der Waals surface area contributed by atoms with E-state index in [1.807, 2.05) is 24.3 Å². The van der Waals surface area contributed by atoms with Crippen molar-refractivity contribution in [2.45, 2.75) is 6.61 Å². The second kappa shape index (κ2) is 5.12. The van der Waals surface area contributed by atoms with Gasteiger partial charge in [-0.2, -0.15) is 0 Å². The zero-order valence-electron chi connectivity index (χ0n) is 8.49. The minimum atomic E-state index is -0.229. The number of hydrogen-bond acceptors (Lipinski definition) is 1. The fourth-order valence-electron chi connectivity index (χ4n) is 1.28. The molecule has 2 aromatic rings. The maximum Gasteiger partial charge on any atom is 0.123 e. The summed E-state index contributed by atoms with van der Waals surface area (Å²) in [6.07, 6.45) is 0. The van der Waals surface area contributed by atoms with Crippen LogP contribution in [0.1, 0.15) is 5.56 Å². The number of hydrogen-bond donors (Lipinski definition) is 0. The fraction of sp³-hybridized carbons (Fsp3) is 0.0769. The van der Waals surface area contributed by atoms with Gasteiger partial charge in [0.2, 0.25) is 0 Å². The summed E-state index contributed by atoms with van der Waals surface area (Å²) in [4.78, 5) is 0. The first-order valence-corrected chi connectivity index (χ1v) is 5.66. The number of ether oxygens (including phenoxy) is 1. The van der Waals surface area contributed by atoms with Crippen molar-refractivity contribution < 1.29 is 9.13 Å². The molecule has 2 rings (SSSR count). The van der Waals surface area contributed by atoms with Crippen LogP contribution in [0.2, 0.25) is 0 Å². The summed E-state index contributed by atoms with van der Waals surface area (Å²) in [6.45, 7) is 0.446. The molecule has 0 spiro atoms. The van der Waals surface area contributed by atoms with E-state index in [9.17, 15) is 4.39 Å². The van der Waals surface area contributed by atoms with Crippen molar-refractivity contribution in [3.8, 4) is 5.75 Å². The van der Waals surface area contributed by atoms with Gasteiger partial charge in [-0.3, -0.25) is 0 Å². The average Bonchev–Trinajstić information content (AvgIpc) is 2.30. The van der Waals surface area contributed by atoms with Crippen LogP contribution in [0.25, 0.3) is 0 Å². The van der Waals surface area contributed by atoms with Gasteiger partial charge < -0.3 is 4.74 Å². The average molecular weight is 281 g/mol. The van der Waals surface area contributed by atoms with Crippen molar-refractivity contribution in [3.63, 3.8) is 0 Å². The third-order valence-electron chi connectivity index (χ3n) is 2.13. The molecule has 0 bridgehead atoms. The lowest BCUT2D eigenvalue weighted by Gasteiger charge is -2.06. The Morgan fingerprint density at radius 2 is 1.56 bits per heavy atom. The summed E-state index contributed by atoms with van der Waals surface area (Å²) < 4.78 is 19.2. The molecule has 16 heavy (non-hydrogen) atoms. The highest BCUT2D eigenvalue weighted by Crippen LogP contribution is 2.17. The van der Waals surface area contributed by atoms with Gasteiger partial charge in [-0.25, -0.2) is 4.39 Å². The van der Waals surface area contributed by atoms with Crippen molar-refractivity contribution in [1.29, 1.82) is 0 Å². The molecule has 0 heterocycles. The predicted octanol–water partition coefficient (Wildman–Crippen LogP) is 4.17. The minimum absolute atomic E-state index is 0.229. The van der Waals surface area contributed by atoms with Crippen LogP contribution in [0, 0.1) is 5.82 Å². The van der Waals surface area contributed by atoms with Gasteiger partial charge in [-0.15, -0.1) is 0 Å². The summed E-state index contributed by atoms with van der Waals surface area (Å²) in [7, 11) is 0. The summed E-state index contributed by atoms with van der Waals surface area (Å²) in [5.74, 6) is 0.569. The fourth-order valence-corrected chi connectivity index (χ4v) is 1.54. The molecule has 0 radical (unpaired) electrons. The van der Waals surface area contributed by atoms with Gasteiger partial charge in [0.05, 0.1) is 0 Å². The molecule has 0 saturated heterocycles. The van der Waals surface area contributed by atoms with E-state index in [0.717, 1.165) is 15.8 Å². The third kappa shape index (κ3) is 3.07. The quantitative estimate of drug-likeness (QED) is 0.820. The summed E-state index contributed by atoms with van der Waals surface area (Å²) in [5, 5.41) is 0.